The molecule has 0 radical (unpaired) electrons. The summed E-state index contributed by atoms with van der Waals surface area (Å²) in [7, 11) is 1.61. The molecule has 0 bridgehead atoms. The second-order valence-electron chi connectivity index (χ2n) is 3.10. The largest absolute Gasteiger partial charge is 0.481 e. The minimum Gasteiger partial charge on any atom is -0.481 e. The van der Waals surface area contributed by atoms with Gasteiger partial charge in [0.05, 0.1) is 7.11 Å². The first kappa shape index (κ1) is 8.94. The van der Waals surface area contributed by atoms with Gasteiger partial charge in [0.15, 0.2) is 5.65 Å². The SMILES string of the molecule is CCc1cnc2nc(OC)ccc2c1. The molecule has 0 aliphatic rings. The van der Waals surface area contributed by atoms with Crippen molar-refractivity contribution in [3.8, 4) is 5.88 Å². The Morgan fingerprint density at radius 2 is 2.21 bits per heavy atom. The van der Waals surface area contributed by atoms with Crippen LogP contribution in [0.1, 0.15) is 12.5 Å². The van der Waals surface area contributed by atoms with Crippen molar-refractivity contribution in [3.63, 3.8) is 0 Å². The quantitative estimate of drug-likeness (QED) is 0.724. The van der Waals surface area contributed by atoms with Crippen LogP contribution in [0.2, 0.25) is 0 Å². The van der Waals surface area contributed by atoms with Gasteiger partial charge in [0, 0.05) is 17.6 Å². The maximum atomic E-state index is 5.03. The highest BCUT2D eigenvalue weighted by molar-refractivity contribution is 5.75. The summed E-state index contributed by atoms with van der Waals surface area (Å²) in [5.74, 6) is 0.606. The fourth-order valence-corrected chi connectivity index (χ4v) is 1.35. The topological polar surface area (TPSA) is 35.0 Å². The van der Waals surface area contributed by atoms with Gasteiger partial charge >= 0.3 is 0 Å². The lowest BCUT2D eigenvalue weighted by atomic mass is 10.2. The normalized spacial score (nSPS) is 10.4. The van der Waals surface area contributed by atoms with Gasteiger partial charge in [0.1, 0.15) is 0 Å². The van der Waals surface area contributed by atoms with E-state index in [0.29, 0.717) is 5.88 Å². The molecule has 0 aliphatic heterocycles. The van der Waals surface area contributed by atoms with Crippen molar-refractivity contribution in [1.82, 2.24) is 9.97 Å². The first-order valence-electron chi connectivity index (χ1n) is 4.63. The van der Waals surface area contributed by atoms with Crippen LogP contribution in [0.25, 0.3) is 11.0 Å². The van der Waals surface area contributed by atoms with Crippen LogP contribution >= 0.6 is 0 Å². The maximum absolute atomic E-state index is 5.03. The second kappa shape index (κ2) is 3.62. The van der Waals surface area contributed by atoms with Gasteiger partial charge in [-0.2, -0.15) is 4.98 Å². The van der Waals surface area contributed by atoms with Crippen molar-refractivity contribution in [1.29, 1.82) is 0 Å². The standard InChI is InChI=1S/C11H12N2O/c1-3-8-6-9-4-5-10(14-2)13-11(9)12-7-8/h4-7H,3H2,1-2H3. The van der Waals surface area contributed by atoms with Crippen molar-refractivity contribution in [3.05, 3.63) is 30.0 Å². The first-order chi connectivity index (χ1) is 6.83. The molecule has 0 spiro atoms. The summed E-state index contributed by atoms with van der Waals surface area (Å²) in [6.07, 6.45) is 2.85. The molecular weight excluding hydrogens is 176 g/mol. The average Bonchev–Trinajstić information content (AvgIpc) is 2.27. The van der Waals surface area contributed by atoms with Crippen LogP contribution in [0.4, 0.5) is 0 Å². The molecule has 0 N–H and O–H groups in total. The number of fused-ring (bicyclic) bond motifs is 1. The Morgan fingerprint density at radius 3 is 2.93 bits per heavy atom. The minimum absolute atomic E-state index is 0.606. The molecule has 0 atom stereocenters. The Balaban J connectivity index is 2.57. The van der Waals surface area contributed by atoms with E-state index in [4.69, 9.17) is 4.74 Å². The molecule has 14 heavy (non-hydrogen) atoms. The number of hydrogen-bond donors (Lipinski definition) is 0. The van der Waals surface area contributed by atoms with Gasteiger partial charge < -0.3 is 4.74 Å². The zero-order valence-corrected chi connectivity index (χ0v) is 8.32. The third-order valence-corrected chi connectivity index (χ3v) is 2.19. The predicted octanol–water partition coefficient (Wildman–Crippen LogP) is 2.20. The summed E-state index contributed by atoms with van der Waals surface area (Å²) in [6, 6.07) is 5.94. The minimum atomic E-state index is 0.606. The van der Waals surface area contributed by atoms with Crippen LogP contribution < -0.4 is 4.74 Å². The number of aromatic nitrogens is 2. The molecule has 3 nitrogen and oxygen atoms in total. The van der Waals surface area contributed by atoms with E-state index in [2.05, 4.69) is 23.0 Å². The van der Waals surface area contributed by atoms with Gasteiger partial charge in [-0.25, -0.2) is 4.98 Å². The number of pyridine rings is 2. The van der Waals surface area contributed by atoms with Crippen LogP contribution in [-0.4, -0.2) is 17.1 Å². The Kier molecular flexibility index (Phi) is 2.31. The zero-order valence-electron chi connectivity index (χ0n) is 8.32. The number of ether oxygens (including phenoxy) is 1. The summed E-state index contributed by atoms with van der Waals surface area (Å²) in [6.45, 7) is 2.11. The van der Waals surface area contributed by atoms with E-state index in [-0.39, 0.29) is 0 Å². The molecule has 0 aromatic carbocycles. The molecule has 72 valence electrons. The summed E-state index contributed by atoms with van der Waals surface area (Å²) < 4.78 is 5.03. The van der Waals surface area contributed by atoms with E-state index < -0.39 is 0 Å². The van der Waals surface area contributed by atoms with Crippen molar-refractivity contribution in [2.75, 3.05) is 7.11 Å². The Morgan fingerprint density at radius 1 is 1.36 bits per heavy atom. The van der Waals surface area contributed by atoms with Gasteiger partial charge in [-0.3, -0.25) is 0 Å². The molecule has 0 saturated carbocycles. The summed E-state index contributed by atoms with van der Waals surface area (Å²) in [5.41, 5.74) is 1.96. The van der Waals surface area contributed by atoms with Crippen LogP contribution in [0.5, 0.6) is 5.88 Å². The van der Waals surface area contributed by atoms with Crippen LogP contribution in [0.15, 0.2) is 24.4 Å². The fraction of sp³-hybridized carbons (Fsp3) is 0.273. The third kappa shape index (κ3) is 1.53. The molecule has 0 saturated heterocycles. The highest BCUT2D eigenvalue weighted by Gasteiger charge is 1.99. The van der Waals surface area contributed by atoms with Gasteiger partial charge in [-0.1, -0.05) is 6.92 Å². The summed E-state index contributed by atoms with van der Waals surface area (Å²) >= 11 is 0. The molecular formula is C11H12N2O. The number of rotatable bonds is 2. The van der Waals surface area contributed by atoms with Crippen molar-refractivity contribution in [2.45, 2.75) is 13.3 Å². The van der Waals surface area contributed by atoms with Crippen LogP contribution in [0.3, 0.4) is 0 Å². The third-order valence-electron chi connectivity index (χ3n) is 2.19. The molecule has 0 unspecified atom stereocenters. The highest BCUT2D eigenvalue weighted by atomic mass is 16.5. The average molecular weight is 188 g/mol. The summed E-state index contributed by atoms with van der Waals surface area (Å²) in [5, 5.41) is 1.06. The van der Waals surface area contributed by atoms with E-state index in [1.165, 1.54) is 5.56 Å². The predicted molar refractivity (Wildman–Crippen MR) is 55.5 cm³/mol. The zero-order chi connectivity index (χ0) is 9.97. The Hall–Kier alpha value is -1.64. The lowest BCUT2D eigenvalue weighted by Gasteiger charge is -2.01. The molecule has 2 heterocycles. The van der Waals surface area contributed by atoms with E-state index in [1.54, 1.807) is 7.11 Å². The van der Waals surface area contributed by atoms with E-state index in [1.807, 2.05) is 18.3 Å². The van der Waals surface area contributed by atoms with Crippen molar-refractivity contribution < 1.29 is 4.74 Å². The second-order valence-corrected chi connectivity index (χ2v) is 3.10. The summed E-state index contributed by atoms with van der Waals surface area (Å²) in [4.78, 5) is 8.51. The van der Waals surface area contributed by atoms with Gasteiger partial charge in [-0.15, -0.1) is 0 Å². The molecule has 3 heteroatoms. The fourth-order valence-electron chi connectivity index (χ4n) is 1.35. The number of aryl methyl sites for hydroxylation is 1. The number of nitrogens with zero attached hydrogens (tertiary/aromatic N) is 2. The Bertz CT molecular complexity index is 411. The van der Waals surface area contributed by atoms with Gasteiger partial charge in [0.2, 0.25) is 5.88 Å². The van der Waals surface area contributed by atoms with E-state index >= 15 is 0 Å². The number of hydrogen-bond acceptors (Lipinski definition) is 3. The molecule has 2 aromatic rings. The van der Waals surface area contributed by atoms with E-state index in [9.17, 15) is 0 Å². The van der Waals surface area contributed by atoms with Gasteiger partial charge in [0.25, 0.3) is 0 Å². The monoisotopic (exact) mass is 188 g/mol. The van der Waals surface area contributed by atoms with Crippen LogP contribution in [-0.2, 0) is 6.42 Å². The first-order valence-corrected chi connectivity index (χ1v) is 4.63. The van der Waals surface area contributed by atoms with Crippen LogP contribution in [0, 0.1) is 0 Å². The highest BCUT2D eigenvalue weighted by Crippen LogP contribution is 2.15. The van der Waals surface area contributed by atoms with Gasteiger partial charge in [-0.05, 0) is 24.1 Å². The lowest BCUT2D eigenvalue weighted by molar-refractivity contribution is 0.399. The molecule has 0 amide bonds. The van der Waals surface area contributed by atoms with Crippen molar-refractivity contribution in [2.24, 2.45) is 0 Å². The molecule has 2 rings (SSSR count). The maximum Gasteiger partial charge on any atom is 0.215 e. The Labute approximate surface area is 82.8 Å². The van der Waals surface area contributed by atoms with Crippen molar-refractivity contribution >= 4 is 11.0 Å². The van der Waals surface area contributed by atoms with E-state index in [0.717, 1.165) is 17.5 Å². The smallest absolute Gasteiger partial charge is 0.215 e. The molecule has 0 aliphatic carbocycles. The molecule has 2 aromatic heterocycles. The number of methoxy groups -OCH3 is 1. The molecule has 0 fully saturated rings. The lowest BCUT2D eigenvalue weighted by Crippen LogP contribution is -1.91.